The van der Waals surface area contributed by atoms with Gasteiger partial charge in [-0.3, -0.25) is 4.79 Å². The fourth-order valence-corrected chi connectivity index (χ4v) is 5.95. The van der Waals surface area contributed by atoms with E-state index in [-0.39, 0.29) is 25.7 Å². The van der Waals surface area contributed by atoms with Gasteiger partial charge >= 0.3 is 0 Å². The topological polar surface area (TPSA) is 64.1 Å². The molecule has 0 saturated heterocycles. The van der Waals surface area contributed by atoms with E-state index in [0.29, 0.717) is 34.5 Å². The maximum absolute atomic E-state index is 14.6. The van der Waals surface area contributed by atoms with E-state index in [1.54, 1.807) is 5.80 Å². The van der Waals surface area contributed by atoms with E-state index >= 15 is 0 Å². The highest BCUT2D eigenvalue weighted by Crippen LogP contribution is 2.41. The second-order valence-electron chi connectivity index (χ2n) is 8.35. The van der Waals surface area contributed by atoms with Crippen LogP contribution in [-0.4, -0.2) is 29.6 Å². The van der Waals surface area contributed by atoms with Crippen molar-refractivity contribution in [3.63, 3.8) is 0 Å². The maximum Gasteiger partial charge on any atom is 0.292 e. The van der Waals surface area contributed by atoms with Crippen LogP contribution in [0.3, 0.4) is 0 Å². The normalized spacial score (nSPS) is 22.3. The molecule has 4 unspecified atom stereocenters. The molecular formula is C23H25F3N3O2P. The van der Waals surface area contributed by atoms with Crippen molar-refractivity contribution in [2.45, 2.75) is 44.6 Å². The van der Waals surface area contributed by atoms with Gasteiger partial charge in [-0.05, 0) is 43.0 Å². The van der Waals surface area contributed by atoms with E-state index in [9.17, 15) is 13.2 Å². The molecule has 5 nitrogen and oxygen atoms in total. The van der Waals surface area contributed by atoms with Gasteiger partial charge in [-0.1, -0.05) is 19.3 Å². The minimum atomic E-state index is -0.737. The number of ether oxygens (including phenoxy) is 1. The lowest BCUT2D eigenvalue weighted by atomic mass is 9.80. The summed E-state index contributed by atoms with van der Waals surface area (Å²) in [5, 5.41) is 4.52. The second kappa shape index (κ2) is 9.90. The first-order valence-electron chi connectivity index (χ1n) is 10.7. The highest BCUT2D eigenvalue weighted by molar-refractivity contribution is 7.36. The van der Waals surface area contributed by atoms with Gasteiger partial charge in [0, 0.05) is 23.1 Å². The lowest BCUT2D eigenvalue weighted by Gasteiger charge is -2.33. The van der Waals surface area contributed by atoms with Crippen LogP contribution in [0.5, 0.6) is 0 Å². The number of halogens is 3. The van der Waals surface area contributed by atoms with Gasteiger partial charge < -0.3 is 10.1 Å². The van der Waals surface area contributed by atoms with Crippen molar-refractivity contribution in [1.82, 2.24) is 9.97 Å². The van der Waals surface area contributed by atoms with Gasteiger partial charge in [-0.15, -0.1) is 8.19 Å². The average Bonchev–Trinajstić information content (AvgIpc) is 2.94. The minimum Gasteiger partial charge on any atom is -0.471 e. The van der Waals surface area contributed by atoms with Crippen LogP contribution in [0, 0.1) is 29.3 Å². The number of methoxy groups -OCH3 is 1. The van der Waals surface area contributed by atoms with E-state index < -0.39 is 17.5 Å². The summed E-state index contributed by atoms with van der Waals surface area (Å²) >= 11 is 0. The Labute approximate surface area is 185 Å². The Morgan fingerprint density at radius 1 is 1.16 bits per heavy atom. The van der Waals surface area contributed by atoms with E-state index in [1.165, 1.54) is 32.4 Å². The number of carbonyl (C=O) groups excluding carboxylic acids is 1. The number of hydrogen-bond donors (Lipinski definition) is 1. The first-order chi connectivity index (χ1) is 15.5. The molecule has 1 N–H and O–H groups in total. The molecule has 9 heteroatoms. The monoisotopic (exact) mass is 463 g/mol. The predicted molar refractivity (Wildman–Crippen MR) is 120 cm³/mol. The van der Waals surface area contributed by atoms with Gasteiger partial charge in [0.05, 0.1) is 18.6 Å². The Morgan fingerprint density at radius 3 is 2.75 bits per heavy atom. The molecule has 3 aromatic heterocycles. The zero-order valence-electron chi connectivity index (χ0n) is 17.7. The number of hydrogen-bond acceptors (Lipinski definition) is 5. The molecule has 170 valence electrons. The summed E-state index contributed by atoms with van der Waals surface area (Å²) in [4.78, 5) is 17.3. The Bertz CT molecular complexity index is 1100. The molecule has 3 fully saturated rings. The summed E-state index contributed by atoms with van der Waals surface area (Å²) in [7, 11) is 1.53. The van der Waals surface area contributed by atoms with Crippen LogP contribution in [0.4, 0.5) is 19.0 Å². The van der Waals surface area contributed by atoms with E-state index in [4.69, 9.17) is 4.79 Å². The number of nitrogens with zero attached hydrogens (tertiary/aromatic N) is 2. The quantitative estimate of drug-likeness (QED) is 0.487. The number of carbonyl (C=O) groups is 1. The summed E-state index contributed by atoms with van der Waals surface area (Å²) in [6, 6.07) is 2.40. The van der Waals surface area contributed by atoms with E-state index in [0.717, 1.165) is 31.5 Å². The zero-order valence-corrected chi connectivity index (χ0v) is 18.7. The molecular weight excluding hydrogens is 438 g/mol. The molecule has 0 amide bonds. The standard InChI is InChI=1S/C21H21F3N3P.C2H4O2/c22-13-7-14-15(10-28-21(14)25-9-13)19-16(23)8-17(24)20(27-19)26-18-6-11-2-1-3-12(18)5-4-11;1-4-2-3/h7-12,18,28H,1-6H2,(H,26,27);2H,1H3. The summed E-state index contributed by atoms with van der Waals surface area (Å²) in [5.74, 6) is 1.19. The molecule has 3 saturated carbocycles. The minimum absolute atomic E-state index is 0.0568. The average molecular weight is 463 g/mol. The predicted octanol–water partition coefficient (Wildman–Crippen LogP) is 5.92. The fourth-order valence-electron chi connectivity index (χ4n) is 4.88. The second-order valence-corrected chi connectivity index (χ2v) is 9.41. The molecule has 0 spiro atoms. The van der Waals surface area contributed by atoms with Crippen LogP contribution in [0.1, 0.15) is 38.5 Å². The largest absolute Gasteiger partial charge is 0.471 e. The smallest absolute Gasteiger partial charge is 0.292 e. The van der Waals surface area contributed by atoms with E-state index in [2.05, 4.69) is 20.0 Å². The van der Waals surface area contributed by atoms with Gasteiger partial charge in [-0.25, -0.2) is 23.1 Å². The van der Waals surface area contributed by atoms with Crippen molar-refractivity contribution >= 4 is 31.1 Å². The molecule has 3 aromatic rings. The van der Waals surface area contributed by atoms with Crippen molar-refractivity contribution < 1.29 is 22.7 Å². The number of nitrogens with one attached hydrogen (secondary N) is 1. The Balaban J connectivity index is 0.000000567. The van der Waals surface area contributed by atoms with Gasteiger partial charge in [0.2, 0.25) is 0 Å². The summed E-state index contributed by atoms with van der Waals surface area (Å²) in [6.07, 6.45) is 8.18. The van der Waals surface area contributed by atoms with Gasteiger partial charge in [-0.2, -0.15) is 0 Å². The highest BCUT2D eigenvalue weighted by atomic mass is 31.0. The molecule has 0 radical (unpaired) electrons. The van der Waals surface area contributed by atoms with E-state index in [1.807, 2.05) is 0 Å². The van der Waals surface area contributed by atoms with Crippen LogP contribution in [0.25, 0.3) is 21.9 Å². The molecule has 4 atom stereocenters. The Kier molecular flexibility index (Phi) is 6.99. The summed E-state index contributed by atoms with van der Waals surface area (Å²) in [5.41, 5.74) is 0.546. The Hall–Kier alpha value is -2.60. The number of aromatic nitrogens is 2. The third-order valence-electron chi connectivity index (χ3n) is 6.39. The first-order valence-corrected chi connectivity index (χ1v) is 11.8. The first kappa shape index (κ1) is 22.6. The number of rotatable bonds is 4. The SMILES string of the molecule is COC=O.Fc1cnc2[pH]cc(-c3nc(NC4CC5CCCC4CC5)c(F)cc3F)c2c1. The van der Waals surface area contributed by atoms with Crippen molar-refractivity contribution in [3.05, 3.63) is 41.6 Å². The lowest BCUT2D eigenvalue weighted by molar-refractivity contribution is -0.126. The lowest BCUT2D eigenvalue weighted by Crippen LogP contribution is -2.34. The molecule has 32 heavy (non-hydrogen) atoms. The Morgan fingerprint density at radius 2 is 1.97 bits per heavy atom. The van der Waals surface area contributed by atoms with Gasteiger partial charge in [0.1, 0.15) is 11.5 Å². The fraction of sp³-hybridized carbons (Fsp3) is 0.435. The van der Waals surface area contributed by atoms with Crippen LogP contribution >= 0.6 is 8.19 Å². The van der Waals surface area contributed by atoms with Gasteiger partial charge in [0.15, 0.2) is 17.5 Å². The number of anilines is 1. The summed E-state index contributed by atoms with van der Waals surface area (Å²) < 4.78 is 46.6. The zero-order chi connectivity index (χ0) is 22.7. The number of fused-ring (bicyclic) bond motifs is 5. The summed E-state index contributed by atoms with van der Waals surface area (Å²) in [6.45, 7) is 0.375. The van der Waals surface area contributed by atoms with Crippen LogP contribution in [-0.2, 0) is 9.53 Å². The van der Waals surface area contributed by atoms with Crippen molar-refractivity contribution in [2.24, 2.45) is 11.8 Å². The van der Waals surface area contributed by atoms with Crippen LogP contribution in [0.2, 0.25) is 0 Å². The molecule has 6 rings (SSSR count). The third-order valence-corrected chi connectivity index (χ3v) is 7.49. The number of pyridine rings is 2. The maximum atomic E-state index is 14.6. The van der Waals surface area contributed by atoms with Crippen LogP contribution in [0.15, 0.2) is 24.1 Å². The van der Waals surface area contributed by atoms with Crippen LogP contribution < -0.4 is 5.32 Å². The molecule has 0 aromatic carbocycles. The molecule has 0 aliphatic heterocycles. The molecule has 3 aliphatic rings. The van der Waals surface area contributed by atoms with Gasteiger partial charge in [0.25, 0.3) is 6.47 Å². The molecule has 2 bridgehead atoms. The molecule has 3 heterocycles. The van der Waals surface area contributed by atoms with Crippen molar-refractivity contribution in [3.8, 4) is 11.3 Å². The third kappa shape index (κ3) is 4.75. The highest BCUT2D eigenvalue weighted by Gasteiger charge is 2.34. The van der Waals surface area contributed by atoms with Crippen molar-refractivity contribution in [1.29, 1.82) is 0 Å². The molecule has 3 aliphatic carbocycles. The van der Waals surface area contributed by atoms with Crippen molar-refractivity contribution in [2.75, 3.05) is 12.4 Å².